The zero-order chi connectivity index (χ0) is 13.9. The molecule has 0 aliphatic heterocycles. The molecule has 1 aromatic heterocycles. The third-order valence-electron chi connectivity index (χ3n) is 3.08. The summed E-state index contributed by atoms with van der Waals surface area (Å²) in [5, 5.41) is 1.06. The maximum absolute atomic E-state index is 12.1. The van der Waals surface area contributed by atoms with Gasteiger partial charge in [-0.25, -0.2) is 4.79 Å². The van der Waals surface area contributed by atoms with E-state index in [2.05, 4.69) is 22.6 Å². The maximum Gasteiger partial charge on any atom is 0.418 e. The molecule has 0 atom stereocenters. The Morgan fingerprint density at radius 3 is 2.65 bits per heavy atom. The van der Waals surface area contributed by atoms with Crippen molar-refractivity contribution in [2.75, 3.05) is 0 Å². The van der Waals surface area contributed by atoms with Gasteiger partial charge in [-0.1, -0.05) is 36.4 Å². The molecule has 0 N–H and O–H groups in total. The second kappa shape index (κ2) is 5.66. The van der Waals surface area contributed by atoms with Crippen molar-refractivity contribution in [1.29, 1.82) is 0 Å². The van der Waals surface area contributed by atoms with Gasteiger partial charge >= 0.3 is 6.09 Å². The summed E-state index contributed by atoms with van der Waals surface area (Å²) >= 11 is 2.26. The van der Waals surface area contributed by atoms with E-state index in [0.717, 1.165) is 20.0 Å². The van der Waals surface area contributed by atoms with Crippen molar-refractivity contribution in [3.8, 4) is 0 Å². The molecular formula is C16H12INO2. The van der Waals surface area contributed by atoms with E-state index >= 15 is 0 Å². The van der Waals surface area contributed by atoms with E-state index in [-0.39, 0.29) is 12.7 Å². The van der Waals surface area contributed by atoms with E-state index in [9.17, 15) is 4.79 Å². The SMILES string of the molecule is O=C(OCc1ccccc1)n1ccc2c(I)cccc21. The molecule has 1 heterocycles. The van der Waals surface area contributed by atoms with Crippen LogP contribution in [0.1, 0.15) is 5.56 Å². The highest BCUT2D eigenvalue weighted by molar-refractivity contribution is 14.1. The van der Waals surface area contributed by atoms with Crippen LogP contribution in [-0.4, -0.2) is 10.7 Å². The van der Waals surface area contributed by atoms with Crippen molar-refractivity contribution < 1.29 is 9.53 Å². The number of fused-ring (bicyclic) bond motifs is 1. The minimum atomic E-state index is -0.356. The molecule has 0 unspecified atom stereocenters. The van der Waals surface area contributed by atoms with Crippen LogP contribution in [0.2, 0.25) is 0 Å². The van der Waals surface area contributed by atoms with Gasteiger partial charge in [-0.2, -0.15) is 0 Å². The standard InChI is InChI=1S/C16H12INO2/c17-14-7-4-8-15-13(14)9-10-18(15)16(19)20-11-12-5-2-1-3-6-12/h1-10H,11H2. The Kier molecular flexibility index (Phi) is 3.73. The molecule has 3 nitrogen and oxygen atoms in total. The van der Waals surface area contributed by atoms with Crippen LogP contribution in [0.15, 0.2) is 60.8 Å². The van der Waals surface area contributed by atoms with Crippen LogP contribution >= 0.6 is 22.6 Å². The van der Waals surface area contributed by atoms with Gasteiger partial charge in [0.15, 0.2) is 0 Å². The van der Waals surface area contributed by atoms with E-state index < -0.39 is 0 Å². The van der Waals surface area contributed by atoms with Crippen molar-refractivity contribution >= 4 is 39.6 Å². The first kappa shape index (κ1) is 13.2. The fourth-order valence-electron chi connectivity index (χ4n) is 2.08. The van der Waals surface area contributed by atoms with Crippen LogP contribution in [0.25, 0.3) is 10.9 Å². The number of rotatable bonds is 2. The van der Waals surface area contributed by atoms with Crippen LogP contribution in [0, 0.1) is 3.57 Å². The highest BCUT2D eigenvalue weighted by Gasteiger charge is 2.11. The summed E-state index contributed by atoms with van der Waals surface area (Å²) in [5.41, 5.74) is 1.85. The molecule has 2 aromatic carbocycles. The first-order valence-corrected chi connectivity index (χ1v) is 7.30. The largest absolute Gasteiger partial charge is 0.444 e. The van der Waals surface area contributed by atoms with Crippen LogP contribution in [0.4, 0.5) is 4.79 Å². The smallest absolute Gasteiger partial charge is 0.418 e. The molecule has 0 saturated heterocycles. The number of hydrogen-bond donors (Lipinski definition) is 0. The molecule has 3 rings (SSSR count). The van der Waals surface area contributed by atoms with Crippen LogP contribution < -0.4 is 0 Å². The fraction of sp³-hybridized carbons (Fsp3) is 0.0625. The second-order valence-corrected chi connectivity index (χ2v) is 5.56. The highest BCUT2D eigenvalue weighted by Crippen LogP contribution is 2.22. The Morgan fingerprint density at radius 1 is 1.05 bits per heavy atom. The second-order valence-electron chi connectivity index (χ2n) is 4.40. The third kappa shape index (κ3) is 2.56. The Bertz CT molecular complexity index is 750. The minimum absolute atomic E-state index is 0.281. The van der Waals surface area contributed by atoms with E-state index in [1.165, 1.54) is 0 Å². The normalized spacial score (nSPS) is 10.7. The molecule has 100 valence electrons. The van der Waals surface area contributed by atoms with Crippen molar-refractivity contribution in [1.82, 2.24) is 4.57 Å². The molecule has 0 amide bonds. The van der Waals surface area contributed by atoms with Crippen LogP contribution in [0.5, 0.6) is 0 Å². The van der Waals surface area contributed by atoms with Gasteiger partial charge in [-0.3, -0.25) is 4.57 Å². The molecule has 0 spiro atoms. The average Bonchev–Trinajstić information content (AvgIpc) is 2.91. The van der Waals surface area contributed by atoms with E-state index in [1.54, 1.807) is 10.8 Å². The lowest BCUT2D eigenvalue weighted by Gasteiger charge is -2.06. The summed E-state index contributed by atoms with van der Waals surface area (Å²) in [4.78, 5) is 12.1. The number of benzene rings is 2. The first-order chi connectivity index (χ1) is 9.75. The molecule has 20 heavy (non-hydrogen) atoms. The fourth-order valence-corrected chi connectivity index (χ4v) is 2.74. The number of halogens is 1. The van der Waals surface area contributed by atoms with Gasteiger partial charge in [0, 0.05) is 15.2 Å². The topological polar surface area (TPSA) is 31.2 Å². The Hall–Kier alpha value is -1.82. The lowest BCUT2D eigenvalue weighted by molar-refractivity contribution is 0.142. The van der Waals surface area contributed by atoms with Gasteiger partial charge in [0.2, 0.25) is 0 Å². The molecule has 0 radical (unpaired) electrons. The lowest BCUT2D eigenvalue weighted by atomic mass is 10.2. The Balaban J connectivity index is 1.81. The predicted molar refractivity (Wildman–Crippen MR) is 86.7 cm³/mol. The van der Waals surface area contributed by atoms with Gasteiger partial charge in [0.05, 0.1) is 5.52 Å². The molecule has 0 bridgehead atoms. The summed E-state index contributed by atoms with van der Waals surface area (Å²) < 4.78 is 8.00. The van der Waals surface area contributed by atoms with Gasteiger partial charge in [-0.15, -0.1) is 0 Å². The molecular weight excluding hydrogens is 365 g/mol. The highest BCUT2D eigenvalue weighted by atomic mass is 127. The molecule has 0 fully saturated rings. The van der Waals surface area contributed by atoms with Gasteiger partial charge in [-0.05, 0) is 46.4 Å². The summed E-state index contributed by atoms with van der Waals surface area (Å²) in [6, 6.07) is 17.5. The van der Waals surface area contributed by atoms with Crippen molar-refractivity contribution in [3.63, 3.8) is 0 Å². The average molecular weight is 377 g/mol. The van der Waals surface area contributed by atoms with Crippen molar-refractivity contribution in [2.45, 2.75) is 6.61 Å². The van der Waals surface area contributed by atoms with Gasteiger partial charge < -0.3 is 4.74 Å². The van der Waals surface area contributed by atoms with Gasteiger partial charge in [0.25, 0.3) is 0 Å². The Morgan fingerprint density at radius 2 is 1.85 bits per heavy atom. The lowest BCUT2D eigenvalue weighted by Crippen LogP contribution is -2.12. The predicted octanol–water partition coefficient (Wildman–Crippen LogP) is 4.43. The monoisotopic (exact) mass is 377 g/mol. The molecule has 4 heteroatoms. The summed E-state index contributed by atoms with van der Waals surface area (Å²) in [7, 11) is 0. The van der Waals surface area contributed by atoms with Crippen LogP contribution in [0.3, 0.4) is 0 Å². The molecule has 0 aliphatic carbocycles. The quantitative estimate of drug-likeness (QED) is 0.619. The van der Waals surface area contributed by atoms with Gasteiger partial charge in [0.1, 0.15) is 6.61 Å². The molecule has 0 aliphatic rings. The van der Waals surface area contributed by atoms with E-state index in [1.807, 2.05) is 54.6 Å². The maximum atomic E-state index is 12.1. The first-order valence-electron chi connectivity index (χ1n) is 6.22. The van der Waals surface area contributed by atoms with Crippen molar-refractivity contribution in [2.24, 2.45) is 0 Å². The molecule has 3 aromatic rings. The summed E-state index contributed by atoms with van der Waals surface area (Å²) in [6.07, 6.45) is 1.39. The van der Waals surface area contributed by atoms with E-state index in [0.29, 0.717) is 0 Å². The summed E-state index contributed by atoms with van der Waals surface area (Å²) in [6.45, 7) is 0.281. The number of ether oxygens (including phenoxy) is 1. The van der Waals surface area contributed by atoms with E-state index in [4.69, 9.17) is 4.74 Å². The molecule has 0 saturated carbocycles. The number of carbonyl (C=O) groups is 1. The summed E-state index contributed by atoms with van der Waals surface area (Å²) in [5.74, 6) is 0. The number of nitrogens with zero attached hydrogens (tertiary/aromatic N) is 1. The Labute approximate surface area is 130 Å². The third-order valence-corrected chi connectivity index (χ3v) is 4.02. The number of aromatic nitrogens is 1. The number of carbonyl (C=O) groups excluding carboxylic acids is 1. The number of hydrogen-bond acceptors (Lipinski definition) is 2. The zero-order valence-electron chi connectivity index (χ0n) is 10.6. The minimum Gasteiger partial charge on any atom is -0.444 e. The van der Waals surface area contributed by atoms with Crippen molar-refractivity contribution in [3.05, 3.63) is 69.9 Å². The zero-order valence-corrected chi connectivity index (χ0v) is 12.8. The van der Waals surface area contributed by atoms with Crippen LogP contribution in [-0.2, 0) is 11.3 Å².